The lowest BCUT2D eigenvalue weighted by Gasteiger charge is -2.13. The van der Waals surface area contributed by atoms with Gasteiger partial charge in [-0.05, 0) is 35.1 Å². The standard InChI is InChI=1S/C20H20N2O3/c1-25-20(24)17(21)12-14-5-4-6-15(11-14)13-22-18-8-3-2-7-16(18)9-10-19(22)23/h2-11,17H,12-13,21H2,1H3/t17-/m0/s1. The second kappa shape index (κ2) is 7.32. The summed E-state index contributed by atoms with van der Waals surface area (Å²) in [5, 5.41) is 1.02. The topological polar surface area (TPSA) is 74.3 Å². The fraction of sp³-hybridized carbons (Fsp3) is 0.200. The lowest BCUT2D eigenvalue weighted by Crippen LogP contribution is -2.33. The average molecular weight is 336 g/mol. The Kier molecular flexibility index (Phi) is 4.95. The van der Waals surface area contributed by atoms with Crippen molar-refractivity contribution < 1.29 is 9.53 Å². The number of carbonyl (C=O) groups excluding carboxylic acids is 1. The molecule has 5 nitrogen and oxygen atoms in total. The zero-order chi connectivity index (χ0) is 17.8. The van der Waals surface area contributed by atoms with Gasteiger partial charge in [0, 0.05) is 6.07 Å². The number of carbonyl (C=O) groups is 1. The van der Waals surface area contributed by atoms with E-state index in [0.29, 0.717) is 13.0 Å². The van der Waals surface area contributed by atoms with Crippen LogP contribution >= 0.6 is 0 Å². The molecule has 0 fully saturated rings. The van der Waals surface area contributed by atoms with E-state index in [1.54, 1.807) is 10.6 Å². The lowest BCUT2D eigenvalue weighted by atomic mass is 10.0. The Labute approximate surface area is 145 Å². The zero-order valence-electron chi connectivity index (χ0n) is 14.0. The van der Waals surface area contributed by atoms with Gasteiger partial charge in [0.1, 0.15) is 6.04 Å². The van der Waals surface area contributed by atoms with Crippen LogP contribution in [0.2, 0.25) is 0 Å². The number of nitrogens with two attached hydrogens (primary N) is 1. The summed E-state index contributed by atoms with van der Waals surface area (Å²) < 4.78 is 6.41. The van der Waals surface area contributed by atoms with Crippen LogP contribution in [0.15, 0.2) is 65.5 Å². The second-order valence-electron chi connectivity index (χ2n) is 5.97. The Morgan fingerprint density at radius 3 is 2.64 bits per heavy atom. The van der Waals surface area contributed by atoms with Gasteiger partial charge in [-0.1, -0.05) is 42.5 Å². The van der Waals surface area contributed by atoms with Gasteiger partial charge in [0.15, 0.2) is 0 Å². The predicted molar refractivity (Wildman–Crippen MR) is 97.4 cm³/mol. The van der Waals surface area contributed by atoms with E-state index in [9.17, 15) is 9.59 Å². The molecular formula is C20H20N2O3. The minimum Gasteiger partial charge on any atom is -0.468 e. The number of nitrogens with zero attached hydrogens (tertiary/aromatic N) is 1. The summed E-state index contributed by atoms with van der Waals surface area (Å²) in [7, 11) is 1.32. The average Bonchev–Trinajstić information content (AvgIpc) is 2.63. The van der Waals surface area contributed by atoms with Crippen molar-refractivity contribution >= 4 is 16.9 Å². The minimum atomic E-state index is -0.694. The van der Waals surface area contributed by atoms with E-state index < -0.39 is 12.0 Å². The molecule has 1 atom stereocenters. The van der Waals surface area contributed by atoms with Crippen LogP contribution in [0, 0.1) is 0 Å². The molecular weight excluding hydrogens is 316 g/mol. The predicted octanol–water partition coefficient (Wildman–Crippen LogP) is 2.09. The van der Waals surface area contributed by atoms with Crippen molar-refractivity contribution in [1.29, 1.82) is 0 Å². The highest BCUT2D eigenvalue weighted by Crippen LogP contribution is 2.14. The number of hydrogen-bond donors (Lipinski definition) is 1. The van der Waals surface area contributed by atoms with Crippen LogP contribution in [-0.2, 0) is 22.5 Å². The molecule has 2 aromatic carbocycles. The molecule has 0 saturated heterocycles. The van der Waals surface area contributed by atoms with Crippen molar-refractivity contribution in [3.63, 3.8) is 0 Å². The molecule has 3 rings (SSSR count). The van der Waals surface area contributed by atoms with Crippen LogP contribution in [0.25, 0.3) is 10.9 Å². The van der Waals surface area contributed by atoms with Gasteiger partial charge >= 0.3 is 5.97 Å². The molecule has 1 aromatic heterocycles. The highest BCUT2D eigenvalue weighted by molar-refractivity contribution is 5.78. The third-order valence-corrected chi connectivity index (χ3v) is 4.19. The van der Waals surface area contributed by atoms with Gasteiger partial charge in [-0.25, -0.2) is 0 Å². The smallest absolute Gasteiger partial charge is 0.322 e. The van der Waals surface area contributed by atoms with E-state index in [0.717, 1.165) is 22.0 Å². The second-order valence-corrected chi connectivity index (χ2v) is 5.97. The molecule has 128 valence electrons. The zero-order valence-corrected chi connectivity index (χ0v) is 14.0. The summed E-state index contributed by atoms with van der Waals surface area (Å²) in [5.74, 6) is -0.435. The lowest BCUT2D eigenvalue weighted by molar-refractivity contribution is -0.142. The molecule has 25 heavy (non-hydrogen) atoms. The first-order chi connectivity index (χ1) is 12.1. The fourth-order valence-electron chi connectivity index (χ4n) is 2.93. The summed E-state index contributed by atoms with van der Waals surface area (Å²) in [5.41, 5.74) is 8.59. The van der Waals surface area contributed by atoms with Gasteiger partial charge in [0.25, 0.3) is 5.56 Å². The van der Waals surface area contributed by atoms with Crippen LogP contribution in [-0.4, -0.2) is 23.7 Å². The molecule has 0 saturated carbocycles. The van der Waals surface area contributed by atoms with Gasteiger partial charge in [-0.2, -0.15) is 0 Å². The summed E-state index contributed by atoms with van der Waals surface area (Å²) >= 11 is 0. The summed E-state index contributed by atoms with van der Waals surface area (Å²) in [6, 6.07) is 18.3. The highest BCUT2D eigenvalue weighted by Gasteiger charge is 2.14. The van der Waals surface area contributed by atoms with E-state index in [2.05, 4.69) is 4.74 Å². The van der Waals surface area contributed by atoms with Gasteiger partial charge in [-0.15, -0.1) is 0 Å². The van der Waals surface area contributed by atoms with Crippen molar-refractivity contribution in [2.24, 2.45) is 5.73 Å². The van der Waals surface area contributed by atoms with Crippen LogP contribution in [0.5, 0.6) is 0 Å². The molecule has 0 aliphatic rings. The number of hydrogen-bond acceptors (Lipinski definition) is 4. The molecule has 1 heterocycles. The summed E-state index contributed by atoms with van der Waals surface area (Å²) in [4.78, 5) is 23.8. The van der Waals surface area contributed by atoms with Crippen molar-refractivity contribution in [1.82, 2.24) is 4.57 Å². The van der Waals surface area contributed by atoms with E-state index in [4.69, 9.17) is 5.73 Å². The number of rotatable bonds is 5. The van der Waals surface area contributed by atoms with E-state index in [-0.39, 0.29) is 5.56 Å². The van der Waals surface area contributed by atoms with Crippen molar-refractivity contribution in [2.45, 2.75) is 19.0 Å². The molecule has 5 heteroatoms. The number of methoxy groups -OCH3 is 1. The van der Waals surface area contributed by atoms with Crippen molar-refractivity contribution in [3.05, 3.63) is 82.1 Å². The van der Waals surface area contributed by atoms with Crippen LogP contribution in [0.4, 0.5) is 0 Å². The van der Waals surface area contributed by atoms with E-state index in [1.165, 1.54) is 7.11 Å². The van der Waals surface area contributed by atoms with Crippen LogP contribution in [0.1, 0.15) is 11.1 Å². The maximum atomic E-state index is 12.3. The number of aromatic nitrogens is 1. The molecule has 3 aromatic rings. The SMILES string of the molecule is COC(=O)[C@@H](N)Cc1cccc(Cn2c(=O)ccc3ccccc32)c1. The fourth-order valence-corrected chi connectivity index (χ4v) is 2.93. The van der Waals surface area contributed by atoms with E-state index >= 15 is 0 Å². The third kappa shape index (κ3) is 3.78. The van der Waals surface area contributed by atoms with Gasteiger partial charge in [0.2, 0.25) is 0 Å². The van der Waals surface area contributed by atoms with Gasteiger partial charge < -0.3 is 15.0 Å². The Balaban J connectivity index is 1.90. The number of para-hydroxylation sites is 1. The maximum absolute atomic E-state index is 12.3. The molecule has 0 amide bonds. The van der Waals surface area contributed by atoms with Crippen molar-refractivity contribution in [3.8, 4) is 0 Å². The Hall–Kier alpha value is -2.92. The molecule has 0 bridgehead atoms. The Morgan fingerprint density at radius 1 is 1.08 bits per heavy atom. The minimum absolute atomic E-state index is 0.0460. The first kappa shape index (κ1) is 16.9. The summed E-state index contributed by atoms with van der Waals surface area (Å²) in [6.07, 6.45) is 0.394. The van der Waals surface area contributed by atoms with E-state index in [1.807, 2.05) is 54.6 Å². The molecule has 2 N–H and O–H groups in total. The molecule has 0 aliphatic heterocycles. The van der Waals surface area contributed by atoms with Crippen LogP contribution < -0.4 is 11.3 Å². The normalized spacial score (nSPS) is 12.1. The quantitative estimate of drug-likeness (QED) is 0.724. The number of benzene rings is 2. The molecule has 0 radical (unpaired) electrons. The first-order valence-electron chi connectivity index (χ1n) is 8.08. The maximum Gasteiger partial charge on any atom is 0.322 e. The molecule has 0 spiro atoms. The number of esters is 1. The monoisotopic (exact) mass is 336 g/mol. The summed E-state index contributed by atoms with van der Waals surface area (Å²) in [6.45, 7) is 0.460. The Bertz CT molecular complexity index is 962. The number of fused-ring (bicyclic) bond motifs is 1. The Morgan fingerprint density at radius 2 is 1.84 bits per heavy atom. The highest BCUT2D eigenvalue weighted by atomic mass is 16.5. The first-order valence-corrected chi connectivity index (χ1v) is 8.08. The van der Waals surface area contributed by atoms with Gasteiger partial charge in [0.05, 0.1) is 19.2 Å². The molecule has 0 aliphatic carbocycles. The number of ether oxygens (including phenoxy) is 1. The van der Waals surface area contributed by atoms with Crippen LogP contribution in [0.3, 0.4) is 0 Å². The molecule has 0 unspecified atom stereocenters. The third-order valence-electron chi connectivity index (χ3n) is 4.19. The van der Waals surface area contributed by atoms with Crippen molar-refractivity contribution in [2.75, 3.05) is 7.11 Å². The number of pyridine rings is 1. The van der Waals surface area contributed by atoms with Gasteiger partial charge in [-0.3, -0.25) is 9.59 Å². The largest absolute Gasteiger partial charge is 0.468 e.